The third-order valence-electron chi connectivity index (χ3n) is 7.13. The maximum absolute atomic E-state index is 6.52. The number of furan rings is 1. The first kappa shape index (κ1) is 20.8. The second-order valence-electron chi connectivity index (χ2n) is 9.35. The fraction of sp³-hybridized carbons (Fsp3) is 0.0588. The minimum atomic E-state index is 0.930. The van der Waals surface area contributed by atoms with Crippen LogP contribution < -0.4 is 5.32 Å². The van der Waals surface area contributed by atoms with Gasteiger partial charge in [-0.15, -0.1) is 0 Å². The summed E-state index contributed by atoms with van der Waals surface area (Å²) in [7, 11) is 0. The Labute approximate surface area is 210 Å². The molecule has 0 spiro atoms. The summed E-state index contributed by atoms with van der Waals surface area (Å²) in [6.07, 6.45) is 8.74. The predicted molar refractivity (Wildman–Crippen MR) is 153 cm³/mol. The van der Waals surface area contributed by atoms with Gasteiger partial charge in [0.2, 0.25) is 0 Å². The van der Waals surface area contributed by atoms with Crippen LogP contribution in [0.1, 0.15) is 18.4 Å². The summed E-state index contributed by atoms with van der Waals surface area (Å²) in [5.41, 5.74) is 8.94. The minimum absolute atomic E-state index is 0.930. The van der Waals surface area contributed by atoms with Gasteiger partial charge in [-0.3, -0.25) is 0 Å². The SMILES string of the molecule is C1=CCCC(c2cc(-c3cccc4c3oc3ccc5ccccc5c34)ccc2Nc2ccccc2)=C1. The van der Waals surface area contributed by atoms with Crippen LogP contribution in [-0.4, -0.2) is 0 Å². The maximum atomic E-state index is 6.52. The molecule has 1 N–H and O–H groups in total. The molecule has 2 heteroatoms. The van der Waals surface area contributed by atoms with Crippen LogP contribution in [-0.2, 0) is 0 Å². The first-order valence-electron chi connectivity index (χ1n) is 12.5. The lowest BCUT2D eigenvalue weighted by Crippen LogP contribution is -1.98. The first-order valence-corrected chi connectivity index (χ1v) is 12.5. The quantitative estimate of drug-likeness (QED) is 0.281. The van der Waals surface area contributed by atoms with Gasteiger partial charge in [-0.25, -0.2) is 0 Å². The van der Waals surface area contributed by atoms with Gasteiger partial charge in [0.05, 0.1) is 0 Å². The number of anilines is 2. The second-order valence-corrected chi connectivity index (χ2v) is 9.35. The van der Waals surface area contributed by atoms with Crippen molar-refractivity contribution >= 4 is 49.7 Å². The van der Waals surface area contributed by atoms with Crippen molar-refractivity contribution in [1.82, 2.24) is 0 Å². The van der Waals surface area contributed by atoms with E-state index in [-0.39, 0.29) is 0 Å². The number of fused-ring (bicyclic) bond motifs is 5. The number of hydrogen-bond donors (Lipinski definition) is 1. The molecule has 0 bridgehead atoms. The highest BCUT2D eigenvalue weighted by molar-refractivity contribution is 6.20. The standard InChI is InChI=1S/C34H25NO/c1-3-10-23(11-4-1)30-22-25(18-20-31(30)35-26-13-5-2-6-14-26)28-16-9-17-29-33-27-15-8-7-12-24(27)19-21-32(33)36-34(28)29/h1-3,5-10,12-22,35H,4,11H2. The zero-order valence-corrected chi connectivity index (χ0v) is 19.9. The number of nitrogens with one attached hydrogen (secondary N) is 1. The molecule has 5 aromatic carbocycles. The molecule has 36 heavy (non-hydrogen) atoms. The largest absolute Gasteiger partial charge is 0.455 e. The summed E-state index contributed by atoms with van der Waals surface area (Å²) in [5, 5.41) is 8.45. The molecule has 1 heterocycles. The Morgan fingerprint density at radius 3 is 2.44 bits per heavy atom. The van der Waals surface area contributed by atoms with Gasteiger partial charge < -0.3 is 9.73 Å². The molecule has 2 nitrogen and oxygen atoms in total. The Morgan fingerprint density at radius 2 is 1.56 bits per heavy atom. The van der Waals surface area contributed by atoms with Crippen LogP contribution in [0.3, 0.4) is 0 Å². The van der Waals surface area contributed by atoms with Crippen LogP contribution in [0.2, 0.25) is 0 Å². The van der Waals surface area contributed by atoms with Gasteiger partial charge in [0.25, 0.3) is 0 Å². The van der Waals surface area contributed by atoms with E-state index in [2.05, 4.69) is 121 Å². The lowest BCUT2D eigenvalue weighted by molar-refractivity contribution is 0.670. The topological polar surface area (TPSA) is 25.2 Å². The molecule has 0 aliphatic heterocycles. The molecule has 1 aromatic heterocycles. The normalized spacial score (nSPS) is 13.4. The Kier molecular flexibility index (Phi) is 4.96. The first-order chi connectivity index (χ1) is 17.8. The lowest BCUT2D eigenvalue weighted by Gasteiger charge is -2.18. The summed E-state index contributed by atoms with van der Waals surface area (Å²) in [6, 6.07) is 36.4. The van der Waals surface area contributed by atoms with E-state index >= 15 is 0 Å². The number of rotatable bonds is 4. The van der Waals surface area contributed by atoms with Gasteiger partial charge in [0.15, 0.2) is 0 Å². The Morgan fingerprint density at radius 1 is 0.694 bits per heavy atom. The van der Waals surface area contributed by atoms with Crippen molar-refractivity contribution in [3.63, 3.8) is 0 Å². The van der Waals surface area contributed by atoms with Crippen molar-refractivity contribution < 1.29 is 4.42 Å². The molecule has 0 saturated carbocycles. The molecule has 6 aromatic rings. The summed E-state index contributed by atoms with van der Waals surface area (Å²) in [4.78, 5) is 0. The van der Waals surface area contributed by atoms with Crippen LogP contribution in [0.15, 0.2) is 126 Å². The molecule has 0 radical (unpaired) electrons. The third kappa shape index (κ3) is 3.50. The summed E-state index contributed by atoms with van der Waals surface area (Å²) < 4.78 is 6.52. The van der Waals surface area contributed by atoms with Gasteiger partial charge in [0, 0.05) is 33.3 Å². The Hall–Kier alpha value is -4.56. The van der Waals surface area contributed by atoms with Crippen molar-refractivity contribution in [3.8, 4) is 11.1 Å². The number of allylic oxidation sites excluding steroid dienone is 4. The average Bonchev–Trinajstić information content (AvgIpc) is 3.34. The van der Waals surface area contributed by atoms with E-state index in [4.69, 9.17) is 4.42 Å². The van der Waals surface area contributed by atoms with Crippen molar-refractivity contribution in [1.29, 1.82) is 0 Å². The van der Waals surface area contributed by atoms with Crippen LogP contribution in [0.4, 0.5) is 11.4 Å². The van der Waals surface area contributed by atoms with Crippen molar-refractivity contribution in [2.45, 2.75) is 12.8 Å². The fourth-order valence-electron chi connectivity index (χ4n) is 5.39. The minimum Gasteiger partial charge on any atom is -0.455 e. The highest BCUT2D eigenvalue weighted by Gasteiger charge is 2.17. The zero-order chi connectivity index (χ0) is 23.9. The maximum Gasteiger partial charge on any atom is 0.143 e. The van der Waals surface area contributed by atoms with E-state index in [0.717, 1.165) is 51.9 Å². The highest BCUT2D eigenvalue weighted by Crippen LogP contribution is 2.41. The summed E-state index contributed by atoms with van der Waals surface area (Å²) in [5.74, 6) is 0. The molecule has 0 fully saturated rings. The van der Waals surface area contributed by atoms with Gasteiger partial charge in [-0.2, -0.15) is 0 Å². The monoisotopic (exact) mass is 463 g/mol. The van der Waals surface area contributed by atoms with Gasteiger partial charge in [-0.05, 0) is 65.1 Å². The molecular weight excluding hydrogens is 438 g/mol. The molecule has 0 atom stereocenters. The molecule has 7 rings (SSSR count). The van der Waals surface area contributed by atoms with E-state index in [9.17, 15) is 0 Å². The van der Waals surface area contributed by atoms with E-state index in [1.54, 1.807) is 0 Å². The van der Waals surface area contributed by atoms with Crippen LogP contribution in [0.25, 0.3) is 49.4 Å². The summed E-state index contributed by atoms with van der Waals surface area (Å²) >= 11 is 0. The average molecular weight is 464 g/mol. The second kappa shape index (κ2) is 8.58. The van der Waals surface area contributed by atoms with Crippen LogP contribution >= 0.6 is 0 Å². The molecule has 1 aliphatic carbocycles. The van der Waals surface area contributed by atoms with Crippen molar-refractivity contribution in [2.75, 3.05) is 5.32 Å². The van der Waals surface area contributed by atoms with Gasteiger partial charge in [0.1, 0.15) is 11.2 Å². The third-order valence-corrected chi connectivity index (χ3v) is 7.13. The molecule has 0 unspecified atom stereocenters. The van der Waals surface area contributed by atoms with E-state index in [1.165, 1.54) is 27.3 Å². The molecule has 0 amide bonds. The smallest absolute Gasteiger partial charge is 0.143 e. The Bertz CT molecular complexity index is 1800. The number of para-hydroxylation sites is 2. The van der Waals surface area contributed by atoms with E-state index < -0.39 is 0 Å². The predicted octanol–water partition coefficient (Wildman–Crippen LogP) is 9.88. The van der Waals surface area contributed by atoms with Crippen LogP contribution in [0.5, 0.6) is 0 Å². The van der Waals surface area contributed by atoms with Crippen LogP contribution in [0, 0.1) is 0 Å². The van der Waals surface area contributed by atoms with Gasteiger partial charge in [-0.1, -0.05) is 91.0 Å². The van der Waals surface area contributed by atoms with Crippen molar-refractivity contribution in [2.24, 2.45) is 0 Å². The number of benzene rings is 5. The van der Waals surface area contributed by atoms with Gasteiger partial charge >= 0.3 is 0 Å². The molecular formula is C34H25NO. The van der Waals surface area contributed by atoms with Crippen molar-refractivity contribution in [3.05, 3.63) is 127 Å². The Balaban J connectivity index is 1.42. The van der Waals surface area contributed by atoms with E-state index in [1.807, 2.05) is 6.07 Å². The molecule has 1 aliphatic rings. The highest BCUT2D eigenvalue weighted by atomic mass is 16.3. The van der Waals surface area contributed by atoms with E-state index in [0.29, 0.717) is 0 Å². The lowest BCUT2D eigenvalue weighted by atomic mass is 9.92. The summed E-state index contributed by atoms with van der Waals surface area (Å²) in [6.45, 7) is 0. The molecule has 0 saturated heterocycles. The zero-order valence-electron chi connectivity index (χ0n) is 19.9. The number of hydrogen-bond acceptors (Lipinski definition) is 2. The fourth-order valence-corrected chi connectivity index (χ4v) is 5.39. The molecule has 172 valence electrons.